The number of piperidine rings is 1. The van der Waals surface area contributed by atoms with Gasteiger partial charge in [-0.1, -0.05) is 12.1 Å². The van der Waals surface area contributed by atoms with Crippen LogP contribution in [0, 0.1) is 0 Å². The van der Waals surface area contributed by atoms with Crippen molar-refractivity contribution in [3.8, 4) is 0 Å². The van der Waals surface area contributed by atoms with Crippen molar-refractivity contribution in [2.45, 2.75) is 38.8 Å². The number of rotatable bonds is 6. The molecule has 0 amide bonds. The number of fused-ring (bicyclic) bond motifs is 1. The number of imidazole rings is 1. The molecule has 2 N–H and O–H groups in total. The molecule has 22 heavy (non-hydrogen) atoms. The zero-order chi connectivity index (χ0) is 15.4. The first-order valence-electron chi connectivity index (χ1n) is 8.26. The molecule has 0 unspecified atom stereocenters. The van der Waals surface area contributed by atoms with Crippen molar-refractivity contribution in [2.75, 3.05) is 31.6 Å². The summed E-state index contributed by atoms with van der Waals surface area (Å²) < 4.78 is 5.63. The molecule has 0 bridgehead atoms. The monoisotopic (exact) mass is 302 g/mol. The maximum absolute atomic E-state index is 5.63. The number of H-pyrrole nitrogens is 1. The first-order valence-corrected chi connectivity index (χ1v) is 8.26. The van der Waals surface area contributed by atoms with Gasteiger partial charge in [-0.25, -0.2) is 4.98 Å². The Bertz CT molecular complexity index is 554. The number of para-hydroxylation sites is 2. The van der Waals surface area contributed by atoms with E-state index in [2.05, 4.69) is 40.1 Å². The van der Waals surface area contributed by atoms with E-state index in [1.807, 2.05) is 18.2 Å². The number of anilines is 1. The van der Waals surface area contributed by atoms with Crippen molar-refractivity contribution in [1.29, 1.82) is 0 Å². The average molecular weight is 302 g/mol. The number of aromatic nitrogens is 2. The molecule has 1 fully saturated rings. The van der Waals surface area contributed by atoms with Crippen LogP contribution in [0.3, 0.4) is 0 Å². The lowest BCUT2D eigenvalue weighted by molar-refractivity contribution is 0.0543. The Morgan fingerprint density at radius 2 is 2.09 bits per heavy atom. The number of aromatic amines is 1. The van der Waals surface area contributed by atoms with E-state index in [9.17, 15) is 0 Å². The minimum atomic E-state index is 0.326. The van der Waals surface area contributed by atoms with E-state index in [-0.39, 0.29) is 0 Å². The molecule has 0 atom stereocenters. The Kier molecular flexibility index (Phi) is 4.95. The fourth-order valence-electron chi connectivity index (χ4n) is 2.93. The summed E-state index contributed by atoms with van der Waals surface area (Å²) in [5, 5.41) is 3.54. The van der Waals surface area contributed by atoms with Crippen LogP contribution in [-0.2, 0) is 4.74 Å². The molecular formula is C17H26N4O. The van der Waals surface area contributed by atoms with Gasteiger partial charge in [0.05, 0.1) is 23.7 Å². The molecule has 1 aromatic carbocycles. The van der Waals surface area contributed by atoms with Gasteiger partial charge in [-0.3, -0.25) is 0 Å². The molecule has 0 spiro atoms. The number of hydrogen-bond donors (Lipinski definition) is 2. The predicted octanol–water partition coefficient (Wildman–Crippen LogP) is 2.86. The first-order chi connectivity index (χ1) is 10.7. The van der Waals surface area contributed by atoms with Gasteiger partial charge in [0.25, 0.3) is 0 Å². The molecule has 5 nitrogen and oxygen atoms in total. The van der Waals surface area contributed by atoms with E-state index in [1.165, 1.54) is 0 Å². The van der Waals surface area contributed by atoms with Gasteiger partial charge in [-0.2, -0.15) is 0 Å². The second-order valence-corrected chi connectivity index (χ2v) is 6.28. The van der Waals surface area contributed by atoms with Gasteiger partial charge < -0.3 is 19.9 Å². The molecule has 0 aliphatic carbocycles. The summed E-state index contributed by atoms with van der Waals surface area (Å²) in [7, 11) is 0. The lowest BCUT2D eigenvalue weighted by Crippen LogP contribution is -2.40. The third-order valence-corrected chi connectivity index (χ3v) is 4.18. The second kappa shape index (κ2) is 7.11. The lowest BCUT2D eigenvalue weighted by Gasteiger charge is -2.32. The number of nitrogens with zero attached hydrogens (tertiary/aromatic N) is 2. The molecule has 1 aliphatic heterocycles. The number of likely N-dealkylation sites (tertiary alicyclic amines) is 1. The Morgan fingerprint density at radius 1 is 1.32 bits per heavy atom. The van der Waals surface area contributed by atoms with Crippen LogP contribution in [0.1, 0.15) is 26.7 Å². The number of benzene rings is 1. The van der Waals surface area contributed by atoms with Gasteiger partial charge in [0, 0.05) is 25.7 Å². The van der Waals surface area contributed by atoms with Crippen LogP contribution in [0.2, 0.25) is 0 Å². The summed E-state index contributed by atoms with van der Waals surface area (Å²) >= 11 is 0. The van der Waals surface area contributed by atoms with Crippen LogP contribution in [0.5, 0.6) is 0 Å². The summed E-state index contributed by atoms with van der Waals surface area (Å²) in [4.78, 5) is 10.4. The summed E-state index contributed by atoms with van der Waals surface area (Å²) in [6.45, 7) is 8.29. The quantitative estimate of drug-likeness (QED) is 0.861. The van der Waals surface area contributed by atoms with E-state index < -0.39 is 0 Å². The van der Waals surface area contributed by atoms with Crippen molar-refractivity contribution >= 4 is 17.0 Å². The van der Waals surface area contributed by atoms with Gasteiger partial charge in [0.2, 0.25) is 5.95 Å². The van der Waals surface area contributed by atoms with Gasteiger partial charge in [-0.05, 0) is 38.8 Å². The minimum absolute atomic E-state index is 0.326. The highest BCUT2D eigenvalue weighted by Gasteiger charge is 2.19. The van der Waals surface area contributed by atoms with Crippen LogP contribution in [0.15, 0.2) is 24.3 Å². The van der Waals surface area contributed by atoms with Crippen molar-refractivity contribution in [1.82, 2.24) is 14.9 Å². The topological polar surface area (TPSA) is 53.2 Å². The van der Waals surface area contributed by atoms with Crippen molar-refractivity contribution < 1.29 is 4.74 Å². The Hall–Kier alpha value is -1.59. The van der Waals surface area contributed by atoms with Crippen LogP contribution in [0.4, 0.5) is 5.95 Å². The van der Waals surface area contributed by atoms with Gasteiger partial charge in [0.15, 0.2) is 0 Å². The maximum Gasteiger partial charge on any atom is 0.201 e. The highest BCUT2D eigenvalue weighted by atomic mass is 16.5. The third kappa shape index (κ3) is 3.99. The normalized spacial score (nSPS) is 17.4. The van der Waals surface area contributed by atoms with Gasteiger partial charge >= 0.3 is 0 Å². The highest BCUT2D eigenvalue weighted by molar-refractivity contribution is 5.77. The van der Waals surface area contributed by atoms with Gasteiger partial charge in [0.1, 0.15) is 0 Å². The molecule has 1 saturated heterocycles. The van der Waals surface area contributed by atoms with Crippen LogP contribution in [0.25, 0.3) is 11.0 Å². The van der Waals surface area contributed by atoms with E-state index in [4.69, 9.17) is 4.74 Å². The molecule has 2 heterocycles. The molecule has 120 valence electrons. The summed E-state index contributed by atoms with van der Waals surface area (Å²) in [5.41, 5.74) is 2.11. The second-order valence-electron chi connectivity index (χ2n) is 6.28. The van der Waals surface area contributed by atoms with Crippen molar-refractivity contribution in [3.05, 3.63) is 24.3 Å². The maximum atomic E-state index is 5.63. The largest absolute Gasteiger partial charge is 0.377 e. The summed E-state index contributed by atoms with van der Waals surface area (Å²) in [5.74, 6) is 0.891. The van der Waals surface area contributed by atoms with Gasteiger partial charge in [-0.15, -0.1) is 0 Å². The Morgan fingerprint density at radius 3 is 2.82 bits per heavy atom. The smallest absolute Gasteiger partial charge is 0.201 e. The molecule has 5 heteroatoms. The van der Waals surface area contributed by atoms with E-state index in [0.717, 1.165) is 56.1 Å². The molecule has 1 aliphatic rings. The van der Waals surface area contributed by atoms with E-state index in [1.54, 1.807) is 0 Å². The molecule has 2 aromatic rings. The van der Waals surface area contributed by atoms with Crippen LogP contribution in [-0.4, -0.2) is 53.3 Å². The number of hydrogen-bond acceptors (Lipinski definition) is 4. The van der Waals surface area contributed by atoms with Crippen molar-refractivity contribution in [2.24, 2.45) is 0 Å². The fraction of sp³-hybridized carbons (Fsp3) is 0.588. The molecule has 0 saturated carbocycles. The zero-order valence-corrected chi connectivity index (χ0v) is 13.5. The third-order valence-electron chi connectivity index (χ3n) is 4.18. The summed E-state index contributed by atoms with van der Waals surface area (Å²) in [6.07, 6.45) is 2.63. The molecule has 0 radical (unpaired) electrons. The average Bonchev–Trinajstić information content (AvgIpc) is 2.91. The SMILES string of the molecule is CC(C)OCCN1CCC(Nc2nc3ccccc3[nH]2)CC1. The Labute approximate surface area is 132 Å². The van der Waals surface area contributed by atoms with Crippen molar-refractivity contribution in [3.63, 3.8) is 0 Å². The van der Waals surface area contributed by atoms with E-state index in [0.29, 0.717) is 12.1 Å². The lowest BCUT2D eigenvalue weighted by atomic mass is 10.1. The van der Waals surface area contributed by atoms with E-state index >= 15 is 0 Å². The van der Waals surface area contributed by atoms with Crippen LogP contribution >= 0.6 is 0 Å². The standard InChI is InChI=1S/C17H26N4O/c1-13(2)22-12-11-21-9-7-14(8-10-21)18-17-19-15-5-3-4-6-16(15)20-17/h3-6,13-14H,7-12H2,1-2H3,(H2,18,19,20). The number of ether oxygens (including phenoxy) is 1. The fourth-order valence-corrected chi connectivity index (χ4v) is 2.93. The highest BCUT2D eigenvalue weighted by Crippen LogP contribution is 2.18. The summed E-state index contributed by atoms with van der Waals surface area (Å²) in [6, 6.07) is 8.65. The molecule has 3 rings (SSSR count). The molecule has 1 aromatic heterocycles. The predicted molar refractivity (Wildman–Crippen MR) is 90.3 cm³/mol. The van der Waals surface area contributed by atoms with Crippen LogP contribution < -0.4 is 5.32 Å². The minimum Gasteiger partial charge on any atom is -0.377 e. The Balaban J connectivity index is 1.45. The first kappa shape index (κ1) is 15.3. The number of nitrogens with one attached hydrogen (secondary N) is 2. The zero-order valence-electron chi connectivity index (χ0n) is 13.5. The molecular weight excluding hydrogens is 276 g/mol.